The fraction of sp³-hybridized carbons (Fsp3) is 0.421. The highest BCUT2D eigenvalue weighted by Gasteiger charge is 2.41. The number of ether oxygens (including phenoxy) is 3. The third-order valence-electron chi connectivity index (χ3n) is 14.0. The van der Waals surface area contributed by atoms with Crippen molar-refractivity contribution in [1.29, 1.82) is 0 Å². The number of carbonyl (C=O) groups excluding carboxylic acids is 6. The maximum atomic E-state index is 15.4. The molecule has 75 heavy (non-hydrogen) atoms. The zero-order chi connectivity index (χ0) is 53.8. The summed E-state index contributed by atoms with van der Waals surface area (Å²) in [5.74, 6) is -4.45. The van der Waals surface area contributed by atoms with Gasteiger partial charge >= 0.3 is 0 Å². The highest BCUT2D eigenvalue weighted by molar-refractivity contribution is 6.40. The van der Waals surface area contributed by atoms with Crippen LogP contribution in [0.15, 0.2) is 103 Å². The Balaban J connectivity index is 1.29. The normalized spacial score (nSPS) is 21.6. The number of nitrogens with one attached hydrogen (secondary N) is 2. The summed E-state index contributed by atoms with van der Waals surface area (Å²) in [5, 5.41) is 6.66. The van der Waals surface area contributed by atoms with E-state index in [1.807, 2.05) is 91.4 Å². The molecular formula is C57H67Cl2N7O9. The number of amides is 4. The summed E-state index contributed by atoms with van der Waals surface area (Å²) in [4.78, 5) is 98.1. The zero-order valence-corrected chi connectivity index (χ0v) is 44.9. The molecule has 0 radical (unpaired) electrons. The second kappa shape index (κ2) is 26.4. The molecule has 1 saturated heterocycles. The topological polar surface area (TPSA) is 182 Å². The summed E-state index contributed by atoms with van der Waals surface area (Å²) < 4.78 is 19.7. The quantitative estimate of drug-likeness (QED) is 0.101. The summed E-state index contributed by atoms with van der Waals surface area (Å²) in [6.45, 7) is -0.324. The van der Waals surface area contributed by atoms with Crippen molar-refractivity contribution in [3.63, 3.8) is 0 Å². The Labute approximate surface area is 449 Å². The predicted octanol–water partition coefficient (Wildman–Crippen LogP) is 7.26. The van der Waals surface area contributed by atoms with E-state index >= 15 is 9.59 Å². The van der Waals surface area contributed by atoms with E-state index in [0.29, 0.717) is 52.1 Å². The van der Waals surface area contributed by atoms with Crippen molar-refractivity contribution in [3.8, 4) is 22.8 Å². The number of carbonyl (C=O) groups is 6. The van der Waals surface area contributed by atoms with Gasteiger partial charge in [-0.1, -0.05) is 84.6 Å². The van der Waals surface area contributed by atoms with E-state index in [-0.39, 0.29) is 44.7 Å². The maximum Gasteiger partial charge on any atom is 0.245 e. The van der Waals surface area contributed by atoms with Crippen LogP contribution in [0.3, 0.4) is 0 Å². The van der Waals surface area contributed by atoms with E-state index in [4.69, 9.17) is 37.4 Å². The van der Waals surface area contributed by atoms with E-state index < -0.39 is 71.9 Å². The molecule has 1 aliphatic carbocycles. The van der Waals surface area contributed by atoms with Crippen LogP contribution in [-0.2, 0) is 71.2 Å². The van der Waals surface area contributed by atoms with Gasteiger partial charge in [-0.3, -0.25) is 28.8 Å². The molecule has 5 aromatic rings. The predicted molar refractivity (Wildman–Crippen MR) is 286 cm³/mol. The first kappa shape index (κ1) is 56.3. The molecule has 4 aromatic carbocycles. The Morgan fingerprint density at radius 2 is 1.40 bits per heavy atom. The summed E-state index contributed by atoms with van der Waals surface area (Å²) in [5.41, 5.74) is 3.77. The number of hydrogen-bond donors (Lipinski definition) is 2. The minimum absolute atomic E-state index is 0.0168. The highest BCUT2D eigenvalue weighted by atomic mass is 35.5. The van der Waals surface area contributed by atoms with Gasteiger partial charge in [0.05, 0.1) is 50.2 Å². The minimum Gasteiger partial charge on any atom is -0.457 e. The highest BCUT2D eigenvalue weighted by Crippen LogP contribution is 2.33. The van der Waals surface area contributed by atoms with Crippen molar-refractivity contribution in [2.75, 3.05) is 48.6 Å². The van der Waals surface area contributed by atoms with Gasteiger partial charge in [-0.25, -0.2) is 4.98 Å². The van der Waals surface area contributed by atoms with Crippen LogP contribution in [0.2, 0.25) is 10.0 Å². The van der Waals surface area contributed by atoms with Gasteiger partial charge in [0.25, 0.3) is 0 Å². The summed E-state index contributed by atoms with van der Waals surface area (Å²) >= 11 is 12.8. The molecule has 0 bridgehead atoms. The van der Waals surface area contributed by atoms with E-state index in [9.17, 15) is 19.2 Å². The standard InChI is InChI=1S/C57H67Cl2N7O9/c1-63(2)33-51-60-31-48(64(51)3)38-19-24-44(25-20-38)75-50-30-43(59)23-18-39(50)32-66-49(35-74-6)56(71)62-46(34-73-5)55(70)54(69)40(26-37-16-21-42(58)22-17-37)28-52(67)61-45-14-10-11-15-47(45)65(4)57(72)41(29-53(66)68)27-36-12-8-7-9-13-36/h7-9,12-13,16-25,30-31,40-41,45-47,49H,10-11,14-15,26-29,32-35H2,1-6H3,(H,61,67)(H,62,71)/t40-,41+,45-,46-,47-,49-/m0/s1. The summed E-state index contributed by atoms with van der Waals surface area (Å²) in [6.07, 6.45) is 4.08. The molecule has 2 fully saturated rings. The number of likely N-dealkylation sites (N-methyl/N-ethyl adjacent to an activating group) is 1. The van der Waals surface area contributed by atoms with E-state index in [2.05, 4.69) is 15.6 Å². The fourth-order valence-electron chi connectivity index (χ4n) is 10.1. The van der Waals surface area contributed by atoms with Crippen LogP contribution in [0.1, 0.15) is 61.0 Å². The Morgan fingerprint density at radius 3 is 2.09 bits per heavy atom. The number of methoxy groups -OCH3 is 2. The number of ketones is 2. The van der Waals surface area contributed by atoms with Gasteiger partial charge in [-0.2, -0.15) is 0 Å². The number of nitrogens with zero attached hydrogens (tertiary/aromatic N) is 5. The second-order valence-electron chi connectivity index (χ2n) is 19.8. The molecule has 2 N–H and O–H groups in total. The van der Waals surface area contributed by atoms with Crippen LogP contribution >= 0.6 is 23.2 Å². The molecule has 18 heteroatoms. The third kappa shape index (κ3) is 14.7. The first-order chi connectivity index (χ1) is 36.0. The number of aromatic nitrogens is 2. The Kier molecular flexibility index (Phi) is 19.8. The SMILES string of the molecule is COC[C@@H]1NC(=O)[C@H](COC)N(Cc2ccc(Cl)cc2Oc2ccc(-c3cnc(CN(C)C)n3C)cc2)C(=O)C[C@@H](Cc2ccccc2)C(=O)N(C)[C@H]2CCCC[C@@H]2NC(=O)C[C@H](Cc2ccc(Cl)cc2)C(=O)C1=O. The van der Waals surface area contributed by atoms with Gasteiger partial charge < -0.3 is 44.1 Å². The molecule has 6 atom stereocenters. The number of halogens is 2. The molecule has 1 aliphatic heterocycles. The van der Waals surface area contributed by atoms with E-state index in [0.717, 1.165) is 35.5 Å². The number of imidazole rings is 1. The monoisotopic (exact) mass is 1060 g/mol. The number of fused-ring (bicyclic) bond motifs is 1. The lowest BCUT2D eigenvalue weighted by Gasteiger charge is -2.40. The molecule has 2 aliphatic rings. The molecule has 1 aromatic heterocycles. The maximum absolute atomic E-state index is 15.4. The van der Waals surface area contributed by atoms with Gasteiger partial charge in [0.1, 0.15) is 29.4 Å². The number of benzene rings is 4. The van der Waals surface area contributed by atoms with Crippen molar-refractivity contribution < 1.29 is 43.0 Å². The number of rotatable bonds is 15. The van der Waals surface area contributed by atoms with Crippen molar-refractivity contribution in [3.05, 3.63) is 136 Å². The largest absolute Gasteiger partial charge is 0.457 e. The summed E-state index contributed by atoms with van der Waals surface area (Å²) in [6, 6.07) is 24.7. The lowest BCUT2D eigenvalue weighted by Crippen LogP contribution is -2.58. The van der Waals surface area contributed by atoms with Gasteiger partial charge in [-0.05, 0) is 99.4 Å². The van der Waals surface area contributed by atoms with Crippen LogP contribution in [0.4, 0.5) is 0 Å². The molecule has 2 heterocycles. The van der Waals surface area contributed by atoms with Crippen molar-refractivity contribution in [2.45, 2.75) is 88.6 Å². The van der Waals surface area contributed by atoms with Crippen LogP contribution in [0, 0.1) is 11.8 Å². The van der Waals surface area contributed by atoms with Crippen LogP contribution in [0.25, 0.3) is 11.3 Å². The smallest absolute Gasteiger partial charge is 0.245 e. The zero-order valence-electron chi connectivity index (χ0n) is 43.4. The van der Waals surface area contributed by atoms with Gasteiger partial charge in [0, 0.05) is 74.3 Å². The molecule has 1 saturated carbocycles. The Bertz CT molecular complexity index is 2790. The molecule has 4 amide bonds. The average molecular weight is 1070 g/mol. The second-order valence-corrected chi connectivity index (χ2v) is 20.6. The minimum atomic E-state index is -1.52. The molecule has 7 rings (SSSR count). The molecule has 0 unspecified atom stereocenters. The number of hydrogen-bond acceptors (Lipinski definition) is 11. The fourth-order valence-corrected chi connectivity index (χ4v) is 10.3. The first-order valence-corrected chi connectivity index (χ1v) is 26.0. The van der Waals surface area contributed by atoms with Gasteiger partial charge in [0.15, 0.2) is 0 Å². The van der Waals surface area contributed by atoms with E-state index in [1.165, 1.54) is 19.1 Å². The van der Waals surface area contributed by atoms with Crippen molar-refractivity contribution in [1.82, 2.24) is 34.9 Å². The van der Waals surface area contributed by atoms with Crippen LogP contribution < -0.4 is 15.4 Å². The van der Waals surface area contributed by atoms with Crippen LogP contribution in [0.5, 0.6) is 11.5 Å². The molecular weight excluding hydrogens is 998 g/mol. The average Bonchev–Trinajstić information content (AvgIpc) is 3.75. The molecule has 16 nitrogen and oxygen atoms in total. The molecule has 398 valence electrons. The first-order valence-electron chi connectivity index (χ1n) is 25.3. The van der Waals surface area contributed by atoms with Crippen molar-refractivity contribution >= 4 is 58.4 Å². The number of Topliss-reactive ketones (excluding diaryl/α,β-unsaturated/α-hetero) is 2. The lowest BCUT2D eigenvalue weighted by molar-refractivity contribution is -0.149. The van der Waals surface area contributed by atoms with Crippen LogP contribution in [-0.4, -0.2) is 132 Å². The molecule has 0 spiro atoms. The lowest BCUT2D eigenvalue weighted by atomic mass is 9.86. The van der Waals surface area contributed by atoms with E-state index in [1.54, 1.807) is 54.4 Å². The van der Waals surface area contributed by atoms with Gasteiger partial charge in [0.2, 0.25) is 35.2 Å². The third-order valence-corrected chi connectivity index (χ3v) is 14.5. The summed E-state index contributed by atoms with van der Waals surface area (Å²) in [7, 11) is 10.3. The van der Waals surface area contributed by atoms with Crippen molar-refractivity contribution in [2.24, 2.45) is 18.9 Å². The Morgan fingerprint density at radius 1 is 0.733 bits per heavy atom. The Hall–Kier alpha value is -6.43. The van der Waals surface area contributed by atoms with Gasteiger partial charge in [-0.15, -0.1) is 0 Å².